The van der Waals surface area contributed by atoms with E-state index in [0.29, 0.717) is 0 Å². The summed E-state index contributed by atoms with van der Waals surface area (Å²) in [7, 11) is 0. The number of nitriles is 1. The number of allylic oxidation sites excluding steroid dienone is 8. The molecule has 0 aromatic carbocycles. The molecule has 0 spiro atoms. The van der Waals surface area contributed by atoms with Crippen molar-refractivity contribution in [3.8, 4) is 6.07 Å². The molecule has 1 rings (SSSR count). The van der Waals surface area contributed by atoms with Gasteiger partial charge in [-0.1, -0.05) is 48.6 Å². The van der Waals surface area contributed by atoms with Gasteiger partial charge in [0.2, 0.25) is 0 Å². The summed E-state index contributed by atoms with van der Waals surface area (Å²) in [6.07, 6.45) is 22.1. The van der Waals surface area contributed by atoms with Gasteiger partial charge in [-0.3, -0.25) is 0 Å². The fraction of sp³-hybridized carbons (Fsp3) is 0.400. The van der Waals surface area contributed by atoms with Crippen molar-refractivity contribution >= 4 is 0 Å². The lowest BCUT2D eigenvalue weighted by molar-refractivity contribution is 0.841. The molecule has 0 heterocycles. The van der Waals surface area contributed by atoms with E-state index in [1.54, 1.807) is 0 Å². The highest BCUT2D eigenvalue weighted by Crippen LogP contribution is 2.07. The predicted octanol–water partition coefficient (Wildman–Crippen LogP) is 4.32. The minimum Gasteiger partial charge on any atom is -0.198 e. The van der Waals surface area contributed by atoms with Crippen LogP contribution >= 0.6 is 0 Å². The van der Waals surface area contributed by atoms with Crippen molar-refractivity contribution in [2.45, 2.75) is 32.1 Å². The molecule has 1 atom stereocenters. The van der Waals surface area contributed by atoms with Gasteiger partial charge in [0.15, 0.2) is 0 Å². The Balaban J connectivity index is 2.54. The summed E-state index contributed by atoms with van der Waals surface area (Å²) in [6.45, 7) is 0. The molecule has 1 unspecified atom stereocenters. The lowest BCUT2D eigenvalue weighted by Gasteiger charge is -1.97. The third-order valence-corrected chi connectivity index (χ3v) is 2.48. The maximum Gasteiger partial charge on any atom is 0.0700 e. The smallest absolute Gasteiger partial charge is 0.0700 e. The Bertz CT molecular complexity index is 326. The zero-order valence-electron chi connectivity index (χ0n) is 9.68. The Hall–Kier alpha value is -1.55. The second kappa shape index (κ2) is 8.73. The fourth-order valence-corrected chi connectivity index (χ4v) is 1.53. The number of hydrogen-bond donors (Lipinski definition) is 0. The first-order valence-corrected chi connectivity index (χ1v) is 5.96. The van der Waals surface area contributed by atoms with Crippen molar-refractivity contribution < 1.29 is 0 Å². The molecule has 0 amide bonds. The standard InChI is InChI=1S/C15H19N/c16-14-15-12-10-8-6-4-2-1-3-5-7-9-11-13-15/h1-2,7-11,13,15H,3-6,12H2. The van der Waals surface area contributed by atoms with Gasteiger partial charge in [0, 0.05) is 0 Å². The summed E-state index contributed by atoms with van der Waals surface area (Å²) >= 11 is 0. The molecule has 0 fully saturated rings. The first kappa shape index (κ1) is 12.5. The number of rotatable bonds is 0. The van der Waals surface area contributed by atoms with E-state index in [2.05, 4.69) is 36.4 Å². The molecule has 0 aromatic heterocycles. The van der Waals surface area contributed by atoms with E-state index in [9.17, 15) is 0 Å². The minimum atomic E-state index is 0.0133. The zero-order chi connectivity index (χ0) is 11.5. The molecule has 0 saturated heterocycles. The van der Waals surface area contributed by atoms with Crippen molar-refractivity contribution in [1.82, 2.24) is 0 Å². The molecule has 0 aromatic rings. The van der Waals surface area contributed by atoms with Crippen LogP contribution in [0.2, 0.25) is 0 Å². The van der Waals surface area contributed by atoms with Gasteiger partial charge in [0.05, 0.1) is 12.0 Å². The van der Waals surface area contributed by atoms with Gasteiger partial charge in [-0.05, 0) is 32.1 Å². The quantitative estimate of drug-likeness (QED) is 0.550. The SMILES string of the molecule is N#CC1C=CC=CCCC=CCCC=CC1. The second-order valence-electron chi connectivity index (χ2n) is 3.88. The topological polar surface area (TPSA) is 23.8 Å². The van der Waals surface area contributed by atoms with E-state index in [-0.39, 0.29) is 5.92 Å². The van der Waals surface area contributed by atoms with Crippen molar-refractivity contribution in [3.63, 3.8) is 0 Å². The monoisotopic (exact) mass is 213 g/mol. The molecule has 16 heavy (non-hydrogen) atoms. The van der Waals surface area contributed by atoms with E-state index in [1.807, 2.05) is 18.2 Å². The van der Waals surface area contributed by atoms with Gasteiger partial charge in [-0.25, -0.2) is 0 Å². The normalized spacial score (nSPS) is 22.6. The van der Waals surface area contributed by atoms with Crippen molar-refractivity contribution in [2.24, 2.45) is 5.92 Å². The molecule has 0 bridgehead atoms. The summed E-state index contributed by atoms with van der Waals surface area (Å²) in [6, 6.07) is 2.30. The lowest BCUT2D eigenvalue weighted by atomic mass is 10.1. The highest BCUT2D eigenvalue weighted by molar-refractivity contribution is 5.10. The van der Waals surface area contributed by atoms with Crippen LogP contribution in [0.25, 0.3) is 0 Å². The fourth-order valence-electron chi connectivity index (χ4n) is 1.53. The molecule has 0 radical (unpaired) electrons. The van der Waals surface area contributed by atoms with Crippen LogP contribution in [-0.2, 0) is 0 Å². The molecule has 0 aliphatic heterocycles. The van der Waals surface area contributed by atoms with Crippen LogP contribution in [0.5, 0.6) is 0 Å². The second-order valence-corrected chi connectivity index (χ2v) is 3.88. The van der Waals surface area contributed by atoms with Gasteiger partial charge < -0.3 is 0 Å². The minimum absolute atomic E-state index is 0.0133. The average molecular weight is 213 g/mol. The van der Waals surface area contributed by atoms with Crippen LogP contribution in [0, 0.1) is 17.2 Å². The van der Waals surface area contributed by atoms with Crippen molar-refractivity contribution in [3.05, 3.63) is 48.6 Å². The molecule has 0 N–H and O–H groups in total. The molecule has 1 aliphatic rings. The van der Waals surface area contributed by atoms with Crippen molar-refractivity contribution in [1.29, 1.82) is 5.26 Å². The van der Waals surface area contributed by atoms with Crippen LogP contribution < -0.4 is 0 Å². The van der Waals surface area contributed by atoms with Crippen LogP contribution in [-0.4, -0.2) is 0 Å². The van der Waals surface area contributed by atoms with Crippen LogP contribution in [0.3, 0.4) is 0 Å². The molecule has 1 nitrogen and oxygen atoms in total. The average Bonchev–Trinajstić information content (AvgIpc) is 2.32. The highest BCUT2D eigenvalue weighted by Gasteiger charge is 1.97. The van der Waals surface area contributed by atoms with Crippen LogP contribution in [0.4, 0.5) is 0 Å². The maximum absolute atomic E-state index is 8.93. The van der Waals surface area contributed by atoms with E-state index >= 15 is 0 Å². The summed E-state index contributed by atoms with van der Waals surface area (Å²) in [5.74, 6) is 0.0133. The Labute approximate surface area is 98.5 Å². The first-order valence-electron chi connectivity index (χ1n) is 5.96. The predicted molar refractivity (Wildman–Crippen MR) is 68.7 cm³/mol. The van der Waals surface area contributed by atoms with Gasteiger partial charge >= 0.3 is 0 Å². The molecule has 1 aliphatic carbocycles. The molecular weight excluding hydrogens is 194 g/mol. The van der Waals surface area contributed by atoms with Crippen LogP contribution in [0.1, 0.15) is 32.1 Å². The molecule has 1 heteroatoms. The largest absolute Gasteiger partial charge is 0.198 e. The Morgan fingerprint density at radius 3 is 2.12 bits per heavy atom. The first-order chi connectivity index (χ1) is 7.93. The van der Waals surface area contributed by atoms with E-state index < -0.39 is 0 Å². The van der Waals surface area contributed by atoms with E-state index in [1.165, 1.54) is 0 Å². The Morgan fingerprint density at radius 1 is 0.812 bits per heavy atom. The number of hydrogen-bond acceptors (Lipinski definition) is 1. The number of nitrogens with zero attached hydrogens (tertiary/aromatic N) is 1. The summed E-state index contributed by atoms with van der Waals surface area (Å²) in [5.41, 5.74) is 0. The molecule has 84 valence electrons. The van der Waals surface area contributed by atoms with Crippen LogP contribution in [0.15, 0.2) is 48.6 Å². The van der Waals surface area contributed by atoms with Crippen molar-refractivity contribution in [2.75, 3.05) is 0 Å². The van der Waals surface area contributed by atoms with Gasteiger partial charge in [-0.2, -0.15) is 5.26 Å². The van der Waals surface area contributed by atoms with E-state index in [0.717, 1.165) is 32.1 Å². The van der Waals surface area contributed by atoms with Gasteiger partial charge in [-0.15, -0.1) is 0 Å². The van der Waals surface area contributed by atoms with E-state index in [4.69, 9.17) is 5.26 Å². The highest BCUT2D eigenvalue weighted by atomic mass is 14.3. The third-order valence-electron chi connectivity index (χ3n) is 2.48. The summed E-state index contributed by atoms with van der Waals surface area (Å²) in [5, 5.41) is 8.93. The Morgan fingerprint density at radius 2 is 1.44 bits per heavy atom. The zero-order valence-corrected chi connectivity index (χ0v) is 9.68. The van der Waals surface area contributed by atoms with Gasteiger partial charge in [0.1, 0.15) is 0 Å². The Kier molecular flexibility index (Phi) is 6.83. The summed E-state index contributed by atoms with van der Waals surface area (Å²) < 4.78 is 0. The summed E-state index contributed by atoms with van der Waals surface area (Å²) in [4.78, 5) is 0. The third kappa shape index (κ3) is 6.03. The lowest BCUT2D eigenvalue weighted by Crippen LogP contribution is -1.88. The molecular formula is C15H19N. The molecule has 0 saturated carbocycles. The maximum atomic E-state index is 8.93. The van der Waals surface area contributed by atoms with Gasteiger partial charge in [0.25, 0.3) is 0 Å².